The number of aryl methyl sites for hydroxylation is 1. The zero-order chi connectivity index (χ0) is 15.3. The van der Waals surface area contributed by atoms with E-state index in [1.54, 1.807) is 0 Å². The highest BCUT2D eigenvalue weighted by Gasteiger charge is 2.27. The van der Waals surface area contributed by atoms with Crippen molar-refractivity contribution in [2.75, 3.05) is 26.9 Å². The fourth-order valence-electron chi connectivity index (χ4n) is 2.59. The third-order valence-corrected chi connectivity index (χ3v) is 3.54. The van der Waals surface area contributed by atoms with Gasteiger partial charge in [0.2, 0.25) is 0 Å². The smallest absolute Gasteiger partial charge is 0.411 e. The normalized spacial score (nSPS) is 18.4. The molecule has 21 heavy (non-hydrogen) atoms. The summed E-state index contributed by atoms with van der Waals surface area (Å²) in [5, 5.41) is 3.29. The molecule has 0 heterocycles. The van der Waals surface area contributed by atoms with Gasteiger partial charge in [0.1, 0.15) is 19.0 Å². The molecule has 0 saturated carbocycles. The molecule has 118 valence electrons. The van der Waals surface area contributed by atoms with E-state index in [2.05, 4.69) is 10.1 Å². The molecule has 0 spiro atoms. The van der Waals surface area contributed by atoms with Gasteiger partial charge in [-0.2, -0.15) is 13.2 Å². The molecule has 1 aromatic carbocycles. The van der Waals surface area contributed by atoms with Gasteiger partial charge in [-0.15, -0.1) is 0 Å². The Morgan fingerprint density at radius 3 is 2.81 bits per heavy atom. The SMILES string of the molecule is CNC1CCCc2cc(OCCOCC(F)(F)F)ccc21. The number of hydrogen-bond acceptors (Lipinski definition) is 3. The number of benzene rings is 1. The zero-order valence-corrected chi connectivity index (χ0v) is 12.0. The summed E-state index contributed by atoms with van der Waals surface area (Å²) in [6.07, 6.45) is -1.03. The topological polar surface area (TPSA) is 30.5 Å². The van der Waals surface area contributed by atoms with Gasteiger partial charge in [0.25, 0.3) is 0 Å². The second kappa shape index (κ2) is 7.13. The zero-order valence-electron chi connectivity index (χ0n) is 12.0. The minimum absolute atomic E-state index is 0.0737. The molecule has 0 amide bonds. The van der Waals surface area contributed by atoms with Gasteiger partial charge in [0.05, 0.1) is 6.61 Å². The highest BCUT2D eigenvalue weighted by Crippen LogP contribution is 2.31. The first kappa shape index (κ1) is 16.1. The van der Waals surface area contributed by atoms with E-state index in [0.29, 0.717) is 11.8 Å². The molecule has 1 aliphatic rings. The number of halogens is 3. The first-order valence-corrected chi connectivity index (χ1v) is 7.07. The maximum absolute atomic E-state index is 11.9. The molecule has 6 heteroatoms. The Balaban J connectivity index is 1.82. The summed E-state index contributed by atoms with van der Waals surface area (Å²) in [5.41, 5.74) is 2.53. The fourth-order valence-corrected chi connectivity index (χ4v) is 2.59. The Labute approximate surface area is 122 Å². The van der Waals surface area contributed by atoms with Gasteiger partial charge in [-0.1, -0.05) is 6.07 Å². The van der Waals surface area contributed by atoms with Crippen LogP contribution in [0.25, 0.3) is 0 Å². The second-order valence-electron chi connectivity index (χ2n) is 5.11. The molecule has 1 unspecified atom stereocenters. The number of nitrogens with one attached hydrogen (secondary N) is 1. The quantitative estimate of drug-likeness (QED) is 0.818. The first-order valence-electron chi connectivity index (χ1n) is 7.07. The van der Waals surface area contributed by atoms with Crippen LogP contribution in [0, 0.1) is 0 Å². The van der Waals surface area contributed by atoms with E-state index in [0.717, 1.165) is 19.3 Å². The van der Waals surface area contributed by atoms with Crippen molar-refractivity contribution in [2.24, 2.45) is 0 Å². The molecule has 0 bridgehead atoms. The minimum atomic E-state index is -4.28. The summed E-state index contributed by atoms with van der Waals surface area (Å²) < 4.78 is 45.6. The monoisotopic (exact) mass is 303 g/mol. The molecule has 1 aliphatic carbocycles. The fraction of sp³-hybridized carbons (Fsp3) is 0.600. The Kier molecular flexibility index (Phi) is 5.47. The summed E-state index contributed by atoms with van der Waals surface area (Å²) in [4.78, 5) is 0. The van der Waals surface area contributed by atoms with Gasteiger partial charge in [-0.3, -0.25) is 0 Å². The van der Waals surface area contributed by atoms with Crippen LogP contribution in [-0.4, -0.2) is 33.0 Å². The van der Waals surface area contributed by atoms with Crippen LogP contribution in [0.2, 0.25) is 0 Å². The molecule has 0 saturated heterocycles. The number of alkyl halides is 3. The van der Waals surface area contributed by atoms with Crippen molar-refractivity contribution < 1.29 is 22.6 Å². The van der Waals surface area contributed by atoms with Crippen molar-refractivity contribution in [3.05, 3.63) is 29.3 Å². The summed E-state index contributed by atoms with van der Waals surface area (Å²) in [5.74, 6) is 0.682. The Bertz CT molecular complexity index is 463. The molecular weight excluding hydrogens is 283 g/mol. The maximum Gasteiger partial charge on any atom is 0.411 e. The molecule has 0 radical (unpaired) electrons. The summed E-state index contributed by atoms with van der Waals surface area (Å²) in [7, 11) is 1.95. The van der Waals surface area contributed by atoms with E-state index in [-0.39, 0.29) is 13.2 Å². The van der Waals surface area contributed by atoms with E-state index >= 15 is 0 Å². The standard InChI is InChI=1S/C15H20F3NO2/c1-19-14-4-2-3-11-9-12(5-6-13(11)14)21-8-7-20-10-15(16,17)18/h5-6,9,14,19H,2-4,7-8,10H2,1H3. The van der Waals surface area contributed by atoms with E-state index in [1.807, 2.05) is 25.2 Å². The highest BCUT2D eigenvalue weighted by atomic mass is 19.4. The largest absolute Gasteiger partial charge is 0.491 e. The average Bonchev–Trinajstić information content (AvgIpc) is 2.44. The Morgan fingerprint density at radius 2 is 2.10 bits per heavy atom. The van der Waals surface area contributed by atoms with Gasteiger partial charge < -0.3 is 14.8 Å². The van der Waals surface area contributed by atoms with Crippen molar-refractivity contribution in [3.63, 3.8) is 0 Å². The Hall–Kier alpha value is -1.27. The van der Waals surface area contributed by atoms with Crippen molar-refractivity contribution >= 4 is 0 Å². The lowest BCUT2D eigenvalue weighted by atomic mass is 9.87. The van der Waals surface area contributed by atoms with E-state index < -0.39 is 12.8 Å². The van der Waals surface area contributed by atoms with Gasteiger partial charge in [-0.25, -0.2) is 0 Å². The van der Waals surface area contributed by atoms with Crippen molar-refractivity contribution in [2.45, 2.75) is 31.5 Å². The van der Waals surface area contributed by atoms with Crippen molar-refractivity contribution in [3.8, 4) is 5.75 Å². The van der Waals surface area contributed by atoms with Crippen molar-refractivity contribution in [1.29, 1.82) is 0 Å². The highest BCUT2D eigenvalue weighted by molar-refractivity contribution is 5.39. The number of ether oxygens (including phenoxy) is 2. The molecule has 2 rings (SSSR count). The molecule has 0 aromatic heterocycles. The third kappa shape index (κ3) is 4.89. The van der Waals surface area contributed by atoms with Crippen LogP contribution in [0.3, 0.4) is 0 Å². The number of hydrogen-bond donors (Lipinski definition) is 1. The van der Waals surface area contributed by atoms with Gasteiger partial charge in [-0.05, 0) is 49.6 Å². The number of rotatable bonds is 6. The average molecular weight is 303 g/mol. The van der Waals surface area contributed by atoms with Crippen molar-refractivity contribution in [1.82, 2.24) is 5.32 Å². The third-order valence-electron chi connectivity index (χ3n) is 3.54. The number of fused-ring (bicyclic) bond motifs is 1. The predicted octanol–water partition coefficient (Wildman–Crippen LogP) is 3.24. The van der Waals surface area contributed by atoms with Crippen LogP contribution in [0.4, 0.5) is 13.2 Å². The van der Waals surface area contributed by atoms with Gasteiger partial charge >= 0.3 is 6.18 Å². The Morgan fingerprint density at radius 1 is 1.29 bits per heavy atom. The molecule has 1 N–H and O–H groups in total. The van der Waals surface area contributed by atoms with Crippen LogP contribution in [0.1, 0.15) is 30.0 Å². The maximum atomic E-state index is 11.9. The van der Waals surface area contributed by atoms with Crippen LogP contribution >= 0.6 is 0 Å². The van der Waals surface area contributed by atoms with Gasteiger partial charge in [0.15, 0.2) is 0 Å². The van der Waals surface area contributed by atoms with E-state index in [1.165, 1.54) is 11.1 Å². The summed E-state index contributed by atoms with van der Waals surface area (Å²) in [6, 6.07) is 6.24. The van der Waals surface area contributed by atoms with Gasteiger partial charge in [0, 0.05) is 6.04 Å². The predicted molar refractivity (Wildman–Crippen MR) is 73.5 cm³/mol. The summed E-state index contributed by atoms with van der Waals surface area (Å²) in [6.45, 7) is -1.19. The van der Waals surface area contributed by atoms with Crippen LogP contribution in [0.5, 0.6) is 5.75 Å². The van der Waals surface area contributed by atoms with Crippen LogP contribution in [-0.2, 0) is 11.2 Å². The van der Waals surface area contributed by atoms with Crippen LogP contribution < -0.4 is 10.1 Å². The van der Waals surface area contributed by atoms with E-state index in [4.69, 9.17) is 4.74 Å². The molecule has 1 atom stereocenters. The molecule has 0 fully saturated rings. The first-order chi connectivity index (χ1) is 9.99. The molecule has 3 nitrogen and oxygen atoms in total. The molecule has 1 aromatic rings. The van der Waals surface area contributed by atoms with Crippen LogP contribution in [0.15, 0.2) is 18.2 Å². The molecular formula is C15H20F3NO2. The second-order valence-corrected chi connectivity index (χ2v) is 5.11. The lowest BCUT2D eigenvalue weighted by molar-refractivity contribution is -0.175. The molecule has 0 aliphatic heterocycles. The lowest BCUT2D eigenvalue weighted by Crippen LogP contribution is -2.21. The van der Waals surface area contributed by atoms with E-state index in [9.17, 15) is 13.2 Å². The summed E-state index contributed by atoms with van der Waals surface area (Å²) >= 11 is 0. The minimum Gasteiger partial charge on any atom is -0.491 e. The lowest BCUT2D eigenvalue weighted by Gasteiger charge is -2.25.